The molecule has 0 heterocycles. The van der Waals surface area contributed by atoms with Crippen LogP contribution in [-0.2, 0) is 14.3 Å². The molecule has 0 unspecified atom stereocenters. The number of Topliss-reactive ketones (excluding diaryl/α,β-unsaturated/α-hetero) is 1. The van der Waals surface area contributed by atoms with Crippen molar-refractivity contribution in [2.24, 2.45) is 0 Å². The van der Waals surface area contributed by atoms with Gasteiger partial charge in [-0.25, -0.2) is 4.79 Å². The Hall–Kier alpha value is -1.82. The number of hydrogen-bond donors (Lipinski definition) is 1. The van der Waals surface area contributed by atoms with Crippen LogP contribution in [0.15, 0.2) is 29.2 Å². The molecule has 0 aliphatic heterocycles. The summed E-state index contributed by atoms with van der Waals surface area (Å²) in [6, 6.07) is 6.89. The van der Waals surface area contributed by atoms with Crippen LogP contribution in [0.25, 0.3) is 0 Å². The SMILES string of the molecule is CCCNC(=O)[C@@H](C)OC(=O)c1ccccc1SCC(C)=O. The molecule has 0 bridgehead atoms. The van der Waals surface area contributed by atoms with Gasteiger partial charge in [0.15, 0.2) is 6.10 Å². The molecule has 120 valence electrons. The highest BCUT2D eigenvalue weighted by molar-refractivity contribution is 8.00. The van der Waals surface area contributed by atoms with Crippen molar-refractivity contribution in [2.75, 3.05) is 12.3 Å². The van der Waals surface area contributed by atoms with Crippen molar-refractivity contribution in [1.29, 1.82) is 0 Å². The molecule has 5 nitrogen and oxygen atoms in total. The number of hydrogen-bond acceptors (Lipinski definition) is 5. The summed E-state index contributed by atoms with van der Waals surface area (Å²) in [6.07, 6.45) is -0.0402. The van der Waals surface area contributed by atoms with Gasteiger partial charge in [0.1, 0.15) is 5.78 Å². The summed E-state index contributed by atoms with van der Waals surface area (Å²) >= 11 is 1.28. The van der Waals surface area contributed by atoms with Crippen LogP contribution in [0.2, 0.25) is 0 Å². The van der Waals surface area contributed by atoms with E-state index in [0.717, 1.165) is 6.42 Å². The summed E-state index contributed by atoms with van der Waals surface area (Å²) in [7, 11) is 0. The number of thioether (sulfide) groups is 1. The molecule has 1 aromatic rings. The molecule has 22 heavy (non-hydrogen) atoms. The number of benzene rings is 1. The second kappa shape index (κ2) is 9.25. The largest absolute Gasteiger partial charge is 0.449 e. The van der Waals surface area contributed by atoms with E-state index in [-0.39, 0.29) is 17.4 Å². The lowest BCUT2D eigenvalue weighted by Crippen LogP contribution is -2.36. The molecule has 1 aromatic carbocycles. The summed E-state index contributed by atoms with van der Waals surface area (Å²) in [5, 5.41) is 2.68. The molecule has 0 fully saturated rings. The highest BCUT2D eigenvalue weighted by atomic mass is 32.2. The lowest BCUT2D eigenvalue weighted by Gasteiger charge is -2.14. The third-order valence-electron chi connectivity index (χ3n) is 2.74. The van der Waals surface area contributed by atoms with Crippen molar-refractivity contribution in [3.8, 4) is 0 Å². The van der Waals surface area contributed by atoms with Gasteiger partial charge in [-0.1, -0.05) is 19.1 Å². The van der Waals surface area contributed by atoms with Gasteiger partial charge in [-0.2, -0.15) is 0 Å². The van der Waals surface area contributed by atoms with Crippen LogP contribution in [0.1, 0.15) is 37.6 Å². The maximum Gasteiger partial charge on any atom is 0.340 e. The molecular formula is C16H21NO4S. The van der Waals surface area contributed by atoms with E-state index in [1.54, 1.807) is 24.3 Å². The van der Waals surface area contributed by atoms with Crippen LogP contribution in [-0.4, -0.2) is 36.1 Å². The van der Waals surface area contributed by atoms with Gasteiger partial charge in [0.25, 0.3) is 5.91 Å². The van der Waals surface area contributed by atoms with E-state index in [0.29, 0.717) is 17.0 Å². The summed E-state index contributed by atoms with van der Waals surface area (Å²) in [4.78, 5) is 35.7. The first kappa shape index (κ1) is 18.2. The Balaban J connectivity index is 2.72. The van der Waals surface area contributed by atoms with Crippen molar-refractivity contribution in [2.45, 2.75) is 38.2 Å². The Labute approximate surface area is 134 Å². The molecule has 1 amide bonds. The van der Waals surface area contributed by atoms with Gasteiger partial charge in [0, 0.05) is 11.4 Å². The van der Waals surface area contributed by atoms with E-state index < -0.39 is 12.1 Å². The molecule has 0 aliphatic rings. The quantitative estimate of drug-likeness (QED) is 0.587. The molecule has 6 heteroatoms. The summed E-state index contributed by atoms with van der Waals surface area (Å²) in [5.74, 6) is -0.563. The smallest absolute Gasteiger partial charge is 0.340 e. The molecule has 1 rings (SSSR count). The third kappa shape index (κ3) is 5.89. The van der Waals surface area contributed by atoms with Crippen LogP contribution >= 0.6 is 11.8 Å². The molecule has 0 saturated heterocycles. The minimum absolute atomic E-state index is 0.0282. The highest BCUT2D eigenvalue weighted by Crippen LogP contribution is 2.23. The third-order valence-corrected chi connectivity index (χ3v) is 3.96. The fraction of sp³-hybridized carbons (Fsp3) is 0.438. The lowest BCUT2D eigenvalue weighted by molar-refractivity contribution is -0.129. The average Bonchev–Trinajstić information content (AvgIpc) is 2.50. The zero-order valence-electron chi connectivity index (χ0n) is 13.0. The van der Waals surface area contributed by atoms with Gasteiger partial charge in [-0.15, -0.1) is 11.8 Å². The van der Waals surface area contributed by atoms with E-state index in [1.165, 1.54) is 25.6 Å². The second-order valence-electron chi connectivity index (χ2n) is 4.83. The zero-order valence-corrected chi connectivity index (χ0v) is 13.9. The number of esters is 1. The molecule has 0 saturated carbocycles. The molecule has 0 aliphatic carbocycles. The van der Waals surface area contributed by atoms with E-state index in [9.17, 15) is 14.4 Å². The number of ether oxygens (including phenoxy) is 1. The van der Waals surface area contributed by atoms with Gasteiger partial charge >= 0.3 is 5.97 Å². The molecule has 0 radical (unpaired) electrons. The first-order chi connectivity index (χ1) is 10.5. The van der Waals surface area contributed by atoms with Crippen LogP contribution in [0.3, 0.4) is 0 Å². The molecule has 0 spiro atoms. The molecule has 0 aromatic heterocycles. The number of rotatable bonds is 8. The van der Waals surface area contributed by atoms with Crippen molar-refractivity contribution in [1.82, 2.24) is 5.32 Å². The van der Waals surface area contributed by atoms with Crippen LogP contribution in [0.4, 0.5) is 0 Å². The second-order valence-corrected chi connectivity index (χ2v) is 5.84. The number of carbonyl (C=O) groups excluding carboxylic acids is 3. The van der Waals surface area contributed by atoms with Gasteiger partial charge in [0.2, 0.25) is 0 Å². The Kier molecular flexibility index (Phi) is 7.66. The number of ketones is 1. The Morgan fingerprint density at radius 2 is 1.95 bits per heavy atom. The van der Waals surface area contributed by atoms with Crippen molar-refractivity contribution in [3.05, 3.63) is 29.8 Å². The predicted molar refractivity (Wildman–Crippen MR) is 86.0 cm³/mol. The fourth-order valence-electron chi connectivity index (χ4n) is 1.61. The number of carbonyl (C=O) groups is 3. The Morgan fingerprint density at radius 3 is 2.59 bits per heavy atom. The van der Waals surface area contributed by atoms with Gasteiger partial charge < -0.3 is 10.1 Å². The van der Waals surface area contributed by atoms with E-state index in [1.807, 2.05) is 6.92 Å². The van der Waals surface area contributed by atoms with Gasteiger partial charge in [0.05, 0.1) is 11.3 Å². The van der Waals surface area contributed by atoms with Crippen LogP contribution < -0.4 is 5.32 Å². The first-order valence-corrected chi connectivity index (χ1v) is 8.14. The summed E-state index contributed by atoms with van der Waals surface area (Å²) in [5.41, 5.74) is 0.365. The van der Waals surface area contributed by atoms with Crippen molar-refractivity contribution in [3.63, 3.8) is 0 Å². The monoisotopic (exact) mass is 323 g/mol. The predicted octanol–water partition coefficient (Wildman–Crippen LogP) is 2.44. The fourth-order valence-corrected chi connectivity index (χ4v) is 2.45. The van der Waals surface area contributed by atoms with E-state index >= 15 is 0 Å². The van der Waals surface area contributed by atoms with Gasteiger partial charge in [-0.3, -0.25) is 9.59 Å². The van der Waals surface area contributed by atoms with Gasteiger partial charge in [-0.05, 0) is 32.4 Å². The van der Waals surface area contributed by atoms with Crippen LogP contribution in [0, 0.1) is 0 Å². The summed E-state index contributed by atoms with van der Waals surface area (Å²) in [6.45, 7) is 5.52. The number of nitrogens with one attached hydrogen (secondary N) is 1. The number of amides is 1. The topological polar surface area (TPSA) is 72.5 Å². The van der Waals surface area contributed by atoms with Crippen LogP contribution in [0.5, 0.6) is 0 Å². The maximum atomic E-state index is 12.2. The molecule has 1 N–H and O–H groups in total. The van der Waals surface area contributed by atoms with Crippen molar-refractivity contribution < 1.29 is 19.1 Å². The van der Waals surface area contributed by atoms with E-state index in [4.69, 9.17) is 4.74 Å². The highest BCUT2D eigenvalue weighted by Gasteiger charge is 2.20. The Morgan fingerprint density at radius 1 is 1.27 bits per heavy atom. The average molecular weight is 323 g/mol. The zero-order chi connectivity index (χ0) is 16.5. The lowest BCUT2D eigenvalue weighted by atomic mass is 10.2. The minimum Gasteiger partial charge on any atom is -0.449 e. The standard InChI is InChI=1S/C16H21NO4S/c1-4-9-17-15(19)12(3)21-16(20)13-7-5-6-8-14(13)22-10-11(2)18/h5-8,12H,4,9-10H2,1-3H3,(H,17,19)/t12-/m1/s1. The maximum absolute atomic E-state index is 12.2. The molecular weight excluding hydrogens is 302 g/mol. The Bertz CT molecular complexity index is 545. The molecule has 1 atom stereocenters. The van der Waals surface area contributed by atoms with E-state index in [2.05, 4.69) is 5.32 Å². The normalized spacial score (nSPS) is 11.6. The first-order valence-electron chi connectivity index (χ1n) is 7.15. The minimum atomic E-state index is -0.857. The summed E-state index contributed by atoms with van der Waals surface area (Å²) < 4.78 is 5.19. The van der Waals surface area contributed by atoms with Crippen molar-refractivity contribution >= 4 is 29.4 Å².